The molecule has 0 aliphatic heterocycles. The topological polar surface area (TPSA) is 67.2 Å². The smallest absolute Gasteiger partial charge is 0.247 e. The summed E-state index contributed by atoms with van der Waals surface area (Å²) in [5.41, 5.74) is 2.34. The van der Waals surface area contributed by atoms with Gasteiger partial charge in [0.15, 0.2) is 0 Å². The van der Waals surface area contributed by atoms with Crippen LogP contribution >= 0.6 is 11.6 Å². The number of carbonyl (C=O) groups is 2. The molecule has 6 nitrogen and oxygen atoms in total. The van der Waals surface area contributed by atoms with E-state index in [0.717, 1.165) is 23.4 Å². The first-order valence-corrected chi connectivity index (χ1v) is 11.7. The average Bonchev–Trinajstić information content (AvgIpc) is 3.22. The van der Waals surface area contributed by atoms with Gasteiger partial charge in [-0.1, -0.05) is 69.6 Å². The molecule has 1 aromatic heterocycles. The minimum Gasteiger partial charge on any atom is -0.330 e. The summed E-state index contributed by atoms with van der Waals surface area (Å²) in [4.78, 5) is 27.3. The van der Waals surface area contributed by atoms with E-state index in [9.17, 15) is 9.59 Å². The van der Waals surface area contributed by atoms with Gasteiger partial charge in [-0.3, -0.25) is 9.59 Å². The number of nitrogens with zero attached hydrogens (tertiary/aromatic N) is 3. The third-order valence-corrected chi connectivity index (χ3v) is 5.43. The van der Waals surface area contributed by atoms with E-state index in [0.29, 0.717) is 17.4 Å². The number of nitrogens with one attached hydrogen (secondary N) is 1. The molecule has 0 unspecified atom stereocenters. The molecule has 178 valence electrons. The van der Waals surface area contributed by atoms with Crippen molar-refractivity contribution < 1.29 is 9.59 Å². The molecule has 0 fully saturated rings. The maximum atomic E-state index is 13.0. The predicted octanol–water partition coefficient (Wildman–Crippen LogP) is 5.71. The number of aromatic nitrogens is 2. The zero-order valence-corrected chi connectivity index (χ0v) is 20.8. The molecule has 1 N–H and O–H groups in total. The quantitative estimate of drug-likeness (QED) is 0.421. The molecule has 0 atom stereocenters. The largest absolute Gasteiger partial charge is 0.330 e. The van der Waals surface area contributed by atoms with Crippen molar-refractivity contribution in [3.05, 3.63) is 83.0 Å². The maximum absolute atomic E-state index is 13.0. The first-order chi connectivity index (χ1) is 16.2. The van der Waals surface area contributed by atoms with Gasteiger partial charge in [0.1, 0.15) is 12.4 Å². The molecule has 3 rings (SSSR count). The summed E-state index contributed by atoms with van der Waals surface area (Å²) in [5, 5.41) is 8.28. The Morgan fingerprint density at radius 2 is 1.76 bits per heavy atom. The van der Waals surface area contributed by atoms with Crippen LogP contribution in [0.15, 0.2) is 66.7 Å². The van der Waals surface area contributed by atoms with Gasteiger partial charge in [0.25, 0.3) is 0 Å². The second-order valence-corrected chi connectivity index (χ2v) is 9.54. The zero-order chi connectivity index (χ0) is 24.7. The molecule has 34 heavy (non-hydrogen) atoms. The van der Waals surface area contributed by atoms with Crippen molar-refractivity contribution in [2.75, 3.05) is 18.4 Å². The van der Waals surface area contributed by atoms with Crippen LogP contribution in [0.1, 0.15) is 45.4 Å². The Kier molecular flexibility index (Phi) is 8.29. The summed E-state index contributed by atoms with van der Waals surface area (Å²) >= 11 is 6.04. The van der Waals surface area contributed by atoms with Crippen molar-refractivity contribution in [3.8, 4) is 5.69 Å². The third kappa shape index (κ3) is 6.81. The number of hydrogen-bond donors (Lipinski definition) is 1. The molecule has 0 saturated carbocycles. The van der Waals surface area contributed by atoms with E-state index < -0.39 is 0 Å². The second kappa shape index (κ2) is 11.2. The number of halogens is 1. The van der Waals surface area contributed by atoms with E-state index in [4.69, 9.17) is 16.7 Å². The molecule has 3 aromatic rings. The van der Waals surface area contributed by atoms with E-state index in [2.05, 4.69) is 26.1 Å². The van der Waals surface area contributed by atoms with Gasteiger partial charge in [-0.2, -0.15) is 5.10 Å². The highest BCUT2D eigenvalue weighted by Crippen LogP contribution is 2.27. The number of rotatable bonds is 8. The SMILES string of the molecule is CCCN(CC(=O)Nc1cc(C(C)(C)C)nn1-c1ccc(Cl)cc1)C(=O)C=Cc1ccccc1. The van der Waals surface area contributed by atoms with E-state index in [-0.39, 0.29) is 23.8 Å². The van der Waals surface area contributed by atoms with Crippen molar-refractivity contribution in [3.63, 3.8) is 0 Å². The molecular weight excluding hydrogens is 448 g/mol. The number of amides is 2. The minimum atomic E-state index is -0.287. The molecule has 1 heterocycles. The zero-order valence-electron chi connectivity index (χ0n) is 20.1. The summed E-state index contributed by atoms with van der Waals surface area (Å²) in [6.07, 6.45) is 4.01. The molecule has 0 saturated heterocycles. The van der Waals surface area contributed by atoms with Crippen LogP contribution in [0.25, 0.3) is 11.8 Å². The van der Waals surface area contributed by atoms with Crippen molar-refractivity contribution >= 4 is 35.3 Å². The molecule has 0 radical (unpaired) electrons. The lowest BCUT2D eigenvalue weighted by atomic mass is 9.92. The molecular formula is C27H31ClN4O2. The van der Waals surface area contributed by atoms with Gasteiger partial charge in [-0.25, -0.2) is 4.68 Å². The summed E-state index contributed by atoms with van der Waals surface area (Å²) < 4.78 is 1.69. The van der Waals surface area contributed by atoms with Crippen molar-refractivity contribution in [1.29, 1.82) is 0 Å². The third-order valence-electron chi connectivity index (χ3n) is 5.17. The van der Waals surface area contributed by atoms with Gasteiger partial charge < -0.3 is 10.2 Å². The lowest BCUT2D eigenvalue weighted by Crippen LogP contribution is -2.37. The maximum Gasteiger partial charge on any atom is 0.247 e. The molecule has 0 aliphatic carbocycles. The van der Waals surface area contributed by atoms with Crippen LogP contribution in [0, 0.1) is 0 Å². The minimum absolute atomic E-state index is 0.0531. The van der Waals surface area contributed by atoms with Crippen LogP contribution < -0.4 is 5.32 Å². The Labute approximate surface area is 206 Å². The molecule has 0 aliphatic rings. The number of carbonyl (C=O) groups excluding carboxylic acids is 2. The normalized spacial score (nSPS) is 11.6. The van der Waals surface area contributed by atoms with E-state index in [1.807, 2.05) is 55.5 Å². The fourth-order valence-corrected chi connectivity index (χ4v) is 3.47. The van der Waals surface area contributed by atoms with Gasteiger partial charge in [0.05, 0.1) is 11.4 Å². The Balaban J connectivity index is 1.78. The first kappa shape index (κ1) is 25.2. The molecule has 2 aromatic carbocycles. The van der Waals surface area contributed by atoms with Gasteiger partial charge in [0, 0.05) is 29.1 Å². The summed E-state index contributed by atoms with van der Waals surface area (Å²) in [6.45, 7) is 8.59. The molecule has 0 spiro atoms. The molecule has 7 heteroatoms. The van der Waals surface area contributed by atoms with E-state index in [1.165, 1.54) is 6.08 Å². The highest BCUT2D eigenvalue weighted by atomic mass is 35.5. The fraction of sp³-hybridized carbons (Fsp3) is 0.296. The van der Waals surface area contributed by atoms with E-state index >= 15 is 0 Å². The van der Waals surface area contributed by atoms with Crippen molar-refractivity contribution in [2.24, 2.45) is 0 Å². The predicted molar refractivity (Wildman–Crippen MR) is 138 cm³/mol. The van der Waals surface area contributed by atoms with E-state index in [1.54, 1.807) is 27.8 Å². The van der Waals surface area contributed by atoms with Gasteiger partial charge >= 0.3 is 0 Å². The Morgan fingerprint density at radius 1 is 1.09 bits per heavy atom. The monoisotopic (exact) mass is 478 g/mol. The summed E-state index contributed by atoms with van der Waals surface area (Å²) in [6, 6.07) is 18.7. The van der Waals surface area contributed by atoms with Gasteiger partial charge in [-0.05, 0) is 42.3 Å². The second-order valence-electron chi connectivity index (χ2n) is 9.11. The van der Waals surface area contributed by atoms with Gasteiger partial charge in [-0.15, -0.1) is 0 Å². The summed E-state index contributed by atoms with van der Waals surface area (Å²) in [5.74, 6) is 0.0499. The van der Waals surface area contributed by atoms with Crippen LogP contribution in [0.5, 0.6) is 0 Å². The van der Waals surface area contributed by atoms with Gasteiger partial charge in [0.2, 0.25) is 11.8 Å². The van der Waals surface area contributed by atoms with Crippen LogP contribution in [-0.4, -0.2) is 39.6 Å². The Bertz CT molecular complexity index is 1150. The van der Waals surface area contributed by atoms with Crippen LogP contribution in [0.3, 0.4) is 0 Å². The number of benzene rings is 2. The first-order valence-electron chi connectivity index (χ1n) is 11.4. The lowest BCUT2D eigenvalue weighted by Gasteiger charge is -2.20. The van der Waals surface area contributed by atoms with Crippen LogP contribution in [-0.2, 0) is 15.0 Å². The summed E-state index contributed by atoms with van der Waals surface area (Å²) in [7, 11) is 0. The highest BCUT2D eigenvalue weighted by Gasteiger charge is 2.22. The van der Waals surface area contributed by atoms with Crippen LogP contribution in [0.4, 0.5) is 5.82 Å². The fourth-order valence-electron chi connectivity index (χ4n) is 3.35. The Morgan fingerprint density at radius 3 is 2.38 bits per heavy atom. The standard InChI is InChI=1S/C27H31ClN4O2/c1-5-17-31(26(34)16-11-20-9-7-6-8-10-20)19-25(33)29-24-18-23(27(2,3)4)30-32(24)22-14-12-21(28)13-15-22/h6-16,18H,5,17,19H2,1-4H3,(H,29,33). The number of hydrogen-bond acceptors (Lipinski definition) is 3. The Hall–Kier alpha value is -3.38. The lowest BCUT2D eigenvalue weighted by molar-refractivity contribution is -0.130. The van der Waals surface area contributed by atoms with Crippen molar-refractivity contribution in [2.45, 2.75) is 39.5 Å². The number of anilines is 1. The van der Waals surface area contributed by atoms with Crippen LogP contribution in [0.2, 0.25) is 5.02 Å². The highest BCUT2D eigenvalue weighted by molar-refractivity contribution is 6.30. The molecule has 0 bridgehead atoms. The molecule has 2 amide bonds. The van der Waals surface area contributed by atoms with Crippen molar-refractivity contribution in [1.82, 2.24) is 14.7 Å². The average molecular weight is 479 g/mol.